The number of benzene rings is 1. The van der Waals surface area contributed by atoms with Gasteiger partial charge in [0, 0.05) is 29.8 Å². The zero-order valence-corrected chi connectivity index (χ0v) is 11.7. The van der Waals surface area contributed by atoms with E-state index in [4.69, 9.17) is 0 Å². The second kappa shape index (κ2) is 6.06. The molecule has 0 amide bonds. The molecule has 0 radical (unpaired) electrons. The van der Waals surface area contributed by atoms with Crippen LogP contribution in [0, 0.1) is 0 Å². The Bertz CT molecular complexity index is 363. The molecule has 16 heavy (non-hydrogen) atoms. The highest BCUT2D eigenvalue weighted by Gasteiger charge is 2.11. The van der Waals surface area contributed by atoms with Crippen molar-refractivity contribution in [3.63, 3.8) is 0 Å². The maximum absolute atomic E-state index is 3.77. The van der Waals surface area contributed by atoms with Crippen LogP contribution < -0.4 is 10.2 Å². The summed E-state index contributed by atoms with van der Waals surface area (Å²) in [4.78, 5) is 2.20. The van der Waals surface area contributed by atoms with E-state index in [-0.39, 0.29) is 0 Å². The molecule has 1 N–H and O–H groups in total. The number of hydrogen-bond donors (Lipinski definition) is 1. The van der Waals surface area contributed by atoms with Crippen LogP contribution in [0.25, 0.3) is 0 Å². The van der Waals surface area contributed by atoms with E-state index >= 15 is 0 Å². The van der Waals surface area contributed by atoms with Gasteiger partial charge in [0.2, 0.25) is 0 Å². The summed E-state index contributed by atoms with van der Waals surface area (Å²) in [6, 6.07) is 6.72. The van der Waals surface area contributed by atoms with Gasteiger partial charge in [0.25, 0.3) is 0 Å². The van der Waals surface area contributed by atoms with Gasteiger partial charge in [-0.1, -0.05) is 28.1 Å². The third kappa shape index (κ3) is 3.09. The van der Waals surface area contributed by atoms with Crippen LogP contribution >= 0.6 is 15.9 Å². The third-order valence-corrected chi connectivity index (χ3v) is 3.20. The van der Waals surface area contributed by atoms with Crippen molar-refractivity contribution in [2.45, 2.75) is 13.0 Å². The lowest BCUT2D eigenvalue weighted by atomic mass is 10.1. The fourth-order valence-corrected chi connectivity index (χ4v) is 2.01. The first kappa shape index (κ1) is 13.3. The Morgan fingerprint density at radius 3 is 2.81 bits per heavy atom. The maximum atomic E-state index is 3.77. The summed E-state index contributed by atoms with van der Waals surface area (Å²) in [5.41, 5.74) is 2.53. The van der Waals surface area contributed by atoms with E-state index in [2.05, 4.69) is 64.9 Å². The summed E-state index contributed by atoms with van der Waals surface area (Å²) in [7, 11) is 4.05. The van der Waals surface area contributed by atoms with Crippen LogP contribution in [-0.2, 0) is 0 Å². The summed E-state index contributed by atoms with van der Waals surface area (Å²) < 4.78 is 1.10. The molecule has 2 nitrogen and oxygen atoms in total. The van der Waals surface area contributed by atoms with Crippen LogP contribution in [0.15, 0.2) is 35.3 Å². The van der Waals surface area contributed by atoms with Crippen molar-refractivity contribution < 1.29 is 0 Å². The van der Waals surface area contributed by atoms with Gasteiger partial charge in [0.05, 0.1) is 0 Å². The number of likely N-dealkylation sites (N-methyl/N-ethyl adjacent to an activating group) is 1. The predicted molar refractivity (Wildman–Crippen MR) is 75.1 cm³/mol. The highest BCUT2D eigenvalue weighted by Crippen LogP contribution is 2.28. The number of halogens is 1. The minimum atomic E-state index is 0.343. The molecular formula is C13H19BrN2. The van der Waals surface area contributed by atoms with Crippen molar-refractivity contribution in [1.29, 1.82) is 0 Å². The lowest BCUT2D eigenvalue weighted by Gasteiger charge is -2.24. The first-order chi connectivity index (χ1) is 7.60. The zero-order valence-electron chi connectivity index (χ0n) is 10.1. The molecule has 1 rings (SSSR count). The highest BCUT2D eigenvalue weighted by molar-refractivity contribution is 9.10. The molecule has 0 saturated carbocycles. The van der Waals surface area contributed by atoms with Gasteiger partial charge in [-0.25, -0.2) is 0 Å². The Kier molecular flexibility index (Phi) is 5.03. The molecule has 0 heterocycles. The van der Waals surface area contributed by atoms with E-state index in [9.17, 15) is 0 Å². The van der Waals surface area contributed by atoms with Gasteiger partial charge in [0.15, 0.2) is 0 Å². The number of anilines is 1. The average molecular weight is 283 g/mol. The van der Waals surface area contributed by atoms with Gasteiger partial charge in [-0.15, -0.1) is 6.58 Å². The minimum Gasteiger partial charge on any atom is -0.371 e. The quantitative estimate of drug-likeness (QED) is 0.834. The van der Waals surface area contributed by atoms with Gasteiger partial charge in [-0.05, 0) is 31.7 Å². The van der Waals surface area contributed by atoms with Crippen molar-refractivity contribution in [3.05, 3.63) is 40.9 Å². The van der Waals surface area contributed by atoms with E-state index in [1.54, 1.807) is 0 Å². The summed E-state index contributed by atoms with van der Waals surface area (Å²) in [5, 5.41) is 3.27. The second-order valence-corrected chi connectivity index (χ2v) is 4.80. The van der Waals surface area contributed by atoms with Crippen LogP contribution in [0.1, 0.15) is 18.5 Å². The van der Waals surface area contributed by atoms with Gasteiger partial charge in [-0.3, -0.25) is 0 Å². The normalized spacial score (nSPS) is 12.2. The maximum Gasteiger partial charge on any atom is 0.0426 e. The molecule has 1 unspecified atom stereocenters. The van der Waals surface area contributed by atoms with E-state index < -0.39 is 0 Å². The summed E-state index contributed by atoms with van der Waals surface area (Å²) in [6.45, 7) is 6.78. The first-order valence-electron chi connectivity index (χ1n) is 5.39. The van der Waals surface area contributed by atoms with E-state index in [0.717, 1.165) is 11.0 Å². The Morgan fingerprint density at radius 2 is 2.25 bits per heavy atom. The molecule has 0 saturated heterocycles. The summed E-state index contributed by atoms with van der Waals surface area (Å²) in [5.74, 6) is 0. The summed E-state index contributed by atoms with van der Waals surface area (Å²) >= 11 is 3.51. The minimum absolute atomic E-state index is 0.343. The van der Waals surface area contributed by atoms with Gasteiger partial charge in [-0.2, -0.15) is 0 Å². The molecule has 0 aliphatic heterocycles. The van der Waals surface area contributed by atoms with Crippen molar-refractivity contribution in [2.75, 3.05) is 25.5 Å². The van der Waals surface area contributed by atoms with E-state index in [1.807, 2.05) is 13.1 Å². The smallest absolute Gasteiger partial charge is 0.0426 e. The standard InChI is InChI=1S/C13H19BrN2/c1-5-8-16(4)13-9-11(14)6-7-12(13)10(2)15-3/h5-7,9-10,15H,1,8H2,2-4H3. The molecule has 0 spiro atoms. The molecule has 1 aromatic carbocycles. The molecule has 1 atom stereocenters. The fourth-order valence-electron chi connectivity index (χ4n) is 1.66. The fraction of sp³-hybridized carbons (Fsp3) is 0.385. The Balaban J connectivity index is 3.11. The van der Waals surface area contributed by atoms with E-state index in [0.29, 0.717) is 6.04 Å². The van der Waals surface area contributed by atoms with Gasteiger partial charge in [0.1, 0.15) is 0 Å². The van der Waals surface area contributed by atoms with Crippen LogP contribution in [0.5, 0.6) is 0 Å². The Hall–Kier alpha value is -0.800. The molecule has 0 aliphatic rings. The van der Waals surface area contributed by atoms with Crippen molar-refractivity contribution in [3.8, 4) is 0 Å². The lowest BCUT2D eigenvalue weighted by molar-refractivity contribution is 0.650. The molecule has 0 fully saturated rings. The third-order valence-electron chi connectivity index (χ3n) is 2.71. The van der Waals surface area contributed by atoms with Crippen molar-refractivity contribution in [2.24, 2.45) is 0 Å². The van der Waals surface area contributed by atoms with Crippen LogP contribution in [0.4, 0.5) is 5.69 Å². The number of hydrogen-bond acceptors (Lipinski definition) is 2. The lowest BCUT2D eigenvalue weighted by Crippen LogP contribution is -2.21. The number of rotatable bonds is 5. The number of nitrogens with zero attached hydrogens (tertiary/aromatic N) is 1. The Morgan fingerprint density at radius 1 is 1.56 bits per heavy atom. The van der Waals surface area contributed by atoms with Crippen molar-refractivity contribution >= 4 is 21.6 Å². The molecule has 3 heteroatoms. The second-order valence-electron chi connectivity index (χ2n) is 3.88. The molecular weight excluding hydrogens is 264 g/mol. The molecule has 0 bridgehead atoms. The van der Waals surface area contributed by atoms with E-state index in [1.165, 1.54) is 11.3 Å². The SMILES string of the molecule is C=CCN(C)c1cc(Br)ccc1C(C)NC. The molecule has 0 aromatic heterocycles. The topological polar surface area (TPSA) is 15.3 Å². The molecule has 1 aromatic rings. The molecule has 0 aliphatic carbocycles. The monoisotopic (exact) mass is 282 g/mol. The van der Waals surface area contributed by atoms with Crippen LogP contribution in [0.2, 0.25) is 0 Å². The Labute approximate surface area is 106 Å². The summed E-state index contributed by atoms with van der Waals surface area (Å²) in [6.07, 6.45) is 1.91. The van der Waals surface area contributed by atoms with Gasteiger partial charge < -0.3 is 10.2 Å². The van der Waals surface area contributed by atoms with Gasteiger partial charge >= 0.3 is 0 Å². The van der Waals surface area contributed by atoms with Crippen LogP contribution in [-0.4, -0.2) is 20.6 Å². The van der Waals surface area contributed by atoms with Crippen molar-refractivity contribution in [1.82, 2.24) is 5.32 Å². The van der Waals surface area contributed by atoms with Crippen LogP contribution in [0.3, 0.4) is 0 Å². The number of nitrogens with one attached hydrogen (secondary N) is 1. The largest absolute Gasteiger partial charge is 0.371 e. The zero-order chi connectivity index (χ0) is 12.1. The first-order valence-corrected chi connectivity index (χ1v) is 6.18. The average Bonchev–Trinajstić information content (AvgIpc) is 2.28. The predicted octanol–water partition coefficient (Wildman–Crippen LogP) is 3.35. The highest BCUT2D eigenvalue weighted by atomic mass is 79.9. The molecule has 88 valence electrons.